The number of non-ortho nitro benzene ring substituents is 1. The third kappa shape index (κ3) is 3.34. The summed E-state index contributed by atoms with van der Waals surface area (Å²) in [5, 5.41) is 29.0. The van der Waals surface area contributed by atoms with E-state index in [9.17, 15) is 14.9 Å². The fraction of sp³-hybridized carbons (Fsp3) is 0. The second-order valence-corrected chi connectivity index (χ2v) is 4.90. The maximum atomic E-state index is 10.9. The zero-order valence-corrected chi connectivity index (χ0v) is 11.2. The van der Waals surface area contributed by atoms with Crippen molar-refractivity contribution in [2.75, 3.05) is 0 Å². The second-order valence-electron chi connectivity index (χ2n) is 3.84. The average molecular weight is 301 g/mol. The molecule has 0 bridgehead atoms. The molecule has 0 amide bonds. The summed E-state index contributed by atoms with van der Waals surface area (Å²) in [6, 6.07) is 8.50. The minimum atomic E-state index is -1.08. The number of carbonyl (C=O) groups is 1. The molecule has 1 N–H and O–H groups in total. The highest BCUT2D eigenvalue weighted by Crippen LogP contribution is 2.31. The molecule has 1 heterocycles. The van der Waals surface area contributed by atoms with Crippen molar-refractivity contribution in [2.24, 2.45) is 0 Å². The van der Waals surface area contributed by atoms with E-state index in [1.165, 1.54) is 36.5 Å². The van der Waals surface area contributed by atoms with Gasteiger partial charge in [0, 0.05) is 23.2 Å². The molecule has 0 aliphatic rings. The molecular formula is C13H7N3O4S. The van der Waals surface area contributed by atoms with Crippen molar-refractivity contribution in [1.29, 1.82) is 5.26 Å². The highest BCUT2D eigenvalue weighted by atomic mass is 32.2. The standard InChI is InChI=1S/C13H7N3O4S/c14-7-9-5-10(16(19)20)1-2-11(9)21-12-6-8(13(17)18)3-4-15-12/h1-6H,(H,17,18). The van der Waals surface area contributed by atoms with Crippen molar-refractivity contribution in [2.45, 2.75) is 9.92 Å². The van der Waals surface area contributed by atoms with E-state index in [1.807, 2.05) is 6.07 Å². The highest BCUT2D eigenvalue weighted by Gasteiger charge is 2.13. The number of carboxylic acids is 1. The van der Waals surface area contributed by atoms with Crippen LogP contribution in [0.15, 0.2) is 46.5 Å². The Kier molecular flexibility index (Phi) is 4.15. The second kappa shape index (κ2) is 6.02. The number of carboxylic acid groups (broad SMARTS) is 1. The van der Waals surface area contributed by atoms with Crippen LogP contribution in [0.3, 0.4) is 0 Å². The van der Waals surface area contributed by atoms with Gasteiger partial charge in [0.25, 0.3) is 5.69 Å². The Hall–Kier alpha value is -2.92. The Balaban J connectivity index is 2.36. The third-order valence-electron chi connectivity index (χ3n) is 2.49. The Morgan fingerprint density at radius 1 is 1.38 bits per heavy atom. The predicted molar refractivity (Wildman–Crippen MR) is 73.1 cm³/mol. The van der Waals surface area contributed by atoms with Gasteiger partial charge in [-0.3, -0.25) is 10.1 Å². The fourth-order valence-electron chi connectivity index (χ4n) is 1.52. The van der Waals surface area contributed by atoms with Crippen molar-refractivity contribution in [3.8, 4) is 6.07 Å². The van der Waals surface area contributed by atoms with E-state index in [0.717, 1.165) is 11.8 Å². The van der Waals surface area contributed by atoms with Gasteiger partial charge in [-0.25, -0.2) is 9.78 Å². The molecule has 7 nitrogen and oxygen atoms in total. The molecule has 0 saturated heterocycles. The molecule has 104 valence electrons. The van der Waals surface area contributed by atoms with Gasteiger partial charge in [-0.1, -0.05) is 11.8 Å². The van der Waals surface area contributed by atoms with Crippen molar-refractivity contribution in [3.63, 3.8) is 0 Å². The number of rotatable bonds is 4. The summed E-state index contributed by atoms with van der Waals surface area (Å²) in [6.07, 6.45) is 1.35. The van der Waals surface area contributed by atoms with E-state index < -0.39 is 10.9 Å². The van der Waals surface area contributed by atoms with Gasteiger partial charge in [-0.15, -0.1) is 0 Å². The summed E-state index contributed by atoms with van der Waals surface area (Å²) < 4.78 is 0. The van der Waals surface area contributed by atoms with Gasteiger partial charge in [0.15, 0.2) is 0 Å². The molecule has 0 unspecified atom stereocenters. The number of nitro groups is 1. The van der Waals surface area contributed by atoms with Gasteiger partial charge in [0.05, 0.1) is 16.1 Å². The zero-order chi connectivity index (χ0) is 15.4. The van der Waals surface area contributed by atoms with Crippen molar-refractivity contribution >= 4 is 23.4 Å². The van der Waals surface area contributed by atoms with Gasteiger partial charge in [-0.05, 0) is 18.2 Å². The van der Waals surface area contributed by atoms with Crippen LogP contribution in [-0.2, 0) is 0 Å². The van der Waals surface area contributed by atoms with E-state index >= 15 is 0 Å². The van der Waals surface area contributed by atoms with Crippen LogP contribution in [-0.4, -0.2) is 21.0 Å². The van der Waals surface area contributed by atoms with Crippen LogP contribution >= 0.6 is 11.8 Å². The molecule has 2 rings (SSSR count). The molecule has 0 aliphatic carbocycles. The Morgan fingerprint density at radius 3 is 2.76 bits per heavy atom. The van der Waals surface area contributed by atoms with Crippen molar-refractivity contribution in [1.82, 2.24) is 4.98 Å². The lowest BCUT2D eigenvalue weighted by Crippen LogP contribution is -1.97. The number of aromatic nitrogens is 1. The predicted octanol–water partition coefficient (Wildman–Crippen LogP) is 2.71. The molecule has 0 aliphatic heterocycles. The van der Waals surface area contributed by atoms with E-state index in [0.29, 0.717) is 9.92 Å². The van der Waals surface area contributed by atoms with E-state index in [2.05, 4.69) is 4.98 Å². The Bertz CT molecular complexity index is 770. The smallest absolute Gasteiger partial charge is 0.335 e. The van der Waals surface area contributed by atoms with Crippen molar-refractivity contribution in [3.05, 3.63) is 57.8 Å². The van der Waals surface area contributed by atoms with Gasteiger partial charge in [-0.2, -0.15) is 5.26 Å². The molecule has 0 spiro atoms. The lowest BCUT2D eigenvalue weighted by atomic mass is 10.2. The summed E-state index contributed by atoms with van der Waals surface area (Å²) in [4.78, 5) is 25.4. The molecule has 21 heavy (non-hydrogen) atoms. The minimum Gasteiger partial charge on any atom is -0.478 e. The summed E-state index contributed by atoms with van der Waals surface area (Å²) in [7, 11) is 0. The van der Waals surface area contributed by atoms with Crippen molar-refractivity contribution < 1.29 is 14.8 Å². The third-order valence-corrected chi connectivity index (χ3v) is 3.50. The SMILES string of the molecule is N#Cc1cc([N+](=O)[O-])ccc1Sc1cc(C(=O)O)ccn1. The number of benzene rings is 1. The zero-order valence-electron chi connectivity index (χ0n) is 10.4. The lowest BCUT2D eigenvalue weighted by Gasteiger charge is -2.04. The van der Waals surface area contributed by atoms with Crippen LogP contribution in [0.2, 0.25) is 0 Å². The number of nitriles is 1. The number of hydrogen-bond acceptors (Lipinski definition) is 6. The molecule has 8 heteroatoms. The van der Waals surface area contributed by atoms with Gasteiger partial charge in [0.2, 0.25) is 0 Å². The van der Waals surface area contributed by atoms with Crippen LogP contribution in [0.1, 0.15) is 15.9 Å². The molecule has 1 aromatic carbocycles. The summed E-state index contributed by atoms with van der Waals surface area (Å²) in [5.41, 5.74) is 0.0350. The van der Waals surface area contributed by atoms with E-state index in [1.54, 1.807) is 0 Å². The Morgan fingerprint density at radius 2 is 2.14 bits per heavy atom. The first-order chi connectivity index (χ1) is 10.0. The first kappa shape index (κ1) is 14.5. The van der Waals surface area contributed by atoms with Crippen LogP contribution in [0.5, 0.6) is 0 Å². The fourth-order valence-corrected chi connectivity index (χ4v) is 2.39. The van der Waals surface area contributed by atoms with Crippen LogP contribution in [0.25, 0.3) is 0 Å². The van der Waals surface area contributed by atoms with Gasteiger partial charge in [0.1, 0.15) is 11.1 Å². The topological polar surface area (TPSA) is 117 Å². The number of nitro benzene ring substituents is 1. The first-order valence-corrected chi connectivity index (χ1v) is 6.38. The largest absolute Gasteiger partial charge is 0.478 e. The molecule has 1 aromatic heterocycles. The average Bonchev–Trinajstić information content (AvgIpc) is 2.47. The van der Waals surface area contributed by atoms with Crippen LogP contribution < -0.4 is 0 Å². The molecule has 2 aromatic rings. The Labute approximate surface area is 123 Å². The maximum Gasteiger partial charge on any atom is 0.335 e. The first-order valence-electron chi connectivity index (χ1n) is 5.57. The van der Waals surface area contributed by atoms with Gasteiger partial charge >= 0.3 is 5.97 Å². The maximum absolute atomic E-state index is 10.9. The highest BCUT2D eigenvalue weighted by molar-refractivity contribution is 7.99. The number of hydrogen-bond donors (Lipinski definition) is 1. The van der Waals surface area contributed by atoms with E-state index in [-0.39, 0.29) is 16.8 Å². The van der Waals surface area contributed by atoms with Crippen LogP contribution in [0, 0.1) is 21.4 Å². The van der Waals surface area contributed by atoms with Gasteiger partial charge < -0.3 is 5.11 Å². The number of nitrogens with zero attached hydrogens (tertiary/aromatic N) is 3. The molecule has 0 fully saturated rings. The summed E-state index contributed by atoms with van der Waals surface area (Å²) in [6.45, 7) is 0. The van der Waals surface area contributed by atoms with E-state index in [4.69, 9.17) is 10.4 Å². The molecule has 0 atom stereocenters. The summed E-state index contributed by atoms with van der Waals surface area (Å²) >= 11 is 1.07. The number of aromatic carboxylic acids is 1. The minimum absolute atomic E-state index is 0.0768. The lowest BCUT2D eigenvalue weighted by molar-refractivity contribution is -0.384. The quantitative estimate of drug-likeness (QED) is 0.681. The molecular weight excluding hydrogens is 294 g/mol. The number of pyridine rings is 1. The normalized spacial score (nSPS) is 9.86. The molecule has 0 radical (unpaired) electrons. The summed E-state index contributed by atoms with van der Waals surface area (Å²) in [5.74, 6) is -1.08. The monoisotopic (exact) mass is 301 g/mol. The molecule has 0 saturated carbocycles. The van der Waals surface area contributed by atoms with Crippen LogP contribution in [0.4, 0.5) is 5.69 Å².